The molecule has 1 aromatic carbocycles. The number of hydrogen-bond donors (Lipinski definition) is 1. The molecular weight excluding hydrogens is 328 g/mol. The van der Waals surface area contributed by atoms with Crippen LogP contribution in [0.15, 0.2) is 59.4 Å². The highest BCUT2D eigenvalue weighted by Crippen LogP contribution is 2.19. The first-order valence-electron chi connectivity index (χ1n) is 7.15. The van der Waals surface area contributed by atoms with Gasteiger partial charge in [-0.2, -0.15) is 4.98 Å². The summed E-state index contributed by atoms with van der Waals surface area (Å²) in [5.41, 5.74) is 1.64. The first-order chi connectivity index (χ1) is 11.7. The van der Waals surface area contributed by atoms with E-state index in [1.807, 2.05) is 6.07 Å². The molecule has 1 N–H and O–H groups in total. The van der Waals surface area contributed by atoms with Gasteiger partial charge in [0, 0.05) is 29.1 Å². The molecule has 2 heterocycles. The van der Waals surface area contributed by atoms with E-state index in [1.165, 1.54) is 6.08 Å². The van der Waals surface area contributed by atoms with E-state index in [-0.39, 0.29) is 12.5 Å². The molecule has 0 saturated carbocycles. The number of benzene rings is 1. The Hall–Kier alpha value is -2.99. The Morgan fingerprint density at radius 2 is 2.08 bits per heavy atom. The summed E-state index contributed by atoms with van der Waals surface area (Å²) in [4.78, 5) is 19.9. The van der Waals surface area contributed by atoms with E-state index in [0.29, 0.717) is 16.7 Å². The quantitative estimate of drug-likeness (QED) is 0.722. The molecule has 0 aliphatic rings. The van der Waals surface area contributed by atoms with Gasteiger partial charge >= 0.3 is 0 Å². The maximum atomic E-state index is 11.8. The summed E-state index contributed by atoms with van der Waals surface area (Å²) in [5.74, 6) is 0.485. The van der Waals surface area contributed by atoms with Crippen LogP contribution in [0.1, 0.15) is 11.5 Å². The molecule has 0 spiro atoms. The van der Waals surface area contributed by atoms with Gasteiger partial charge in [0.05, 0.1) is 6.54 Å². The first-order valence-corrected chi connectivity index (χ1v) is 7.53. The largest absolute Gasteiger partial charge is 0.343 e. The molecule has 0 radical (unpaired) electrons. The lowest BCUT2D eigenvalue weighted by molar-refractivity contribution is -0.116. The van der Waals surface area contributed by atoms with Crippen LogP contribution < -0.4 is 5.32 Å². The standard InChI is InChI=1S/C17H13ClN4O2/c18-14-3-1-2-13(10-14)17-21-16(24-22-17)11-20-15(23)5-4-12-6-8-19-9-7-12/h1-10H,11H2,(H,20,23)/b5-4-. The number of amides is 1. The molecule has 120 valence electrons. The van der Waals surface area contributed by atoms with E-state index in [0.717, 1.165) is 11.1 Å². The van der Waals surface area contributed by atoms with Crippen molar-refractivity contribution < 1.29 is 9.32 Å². The van der Waals surface area contributed by atoms with Crippen LogP contribution in [-0.2, 0) is 11.3 Å². The minimum atomic E-state index is -0.255. The van der Waals surface area contributed by atoms with Crippen molar-refractivity contribution >= 4 is 23.6 Å². The van der Waals surface area contributed by atoms with Gasteiger partial charge in [-0.25, -0.2) is 0 Å². The lowest BCUT2D eigenvalue weighted by atomic mass is 10.2. The van der Waals surface area contributed by atoms with Gasteiger partial charge in [-0.3, -0.25) is 9.78 Å². The van der Waals surface area contributed by atoms with Crippen LogP contribution >= 0.6 is 11.6 Å². The topological polar surface area (TPSA) is 80.9 Å². The van der Waals surface area contributed by atoms with Crippen LogP contribution in [0, 0.1) is 0 Å². The van der Waals surface area contributed by atoms with Gasteiger partial charge in [-0.1, -0.05) is 28.9 Å². The fourth-order valence-corrected chi connectivity index (χ4v) is 2.13. The molecule has 7 heteroatoms. The lowest BCUT2D eigenvalue weighted by Gasteiger charge is -1.97. The average molecular weight is 341 g/mol. The Balaban J connectivity index is 1.57. The van der Waals surface area contributed by atoms with Crippen molar-refractivity contribution in [3.63, 3.8) is 0 Å². The molecule has 0 aliphatic heterocycles. The normalized spacial score (nSPS) is 10.9. The number of carbonyl (C=O) groups is 1. The molecule has 6 nitrogen and oxygen atoms in total. The third-order valence-corrected chi connectivity index (χ3v) is 3.33. The van der Waals surface area contributed by atoms with E-state index in [9.17, 15) is 4.79 Å². The fourth-order valence-electron chi connectivity index (χ4n) is 1.94. The Morgan fingerprint density at radius 1 is 1.25 bits per heavy atom. The van der Waals surface area contributed by atoms with Gasteiger partial charge < -0.3 is 9.84 Å². The van der Waals surface area contributed by atoms with Gasteiger partial charge in [0.2, 0.25) is 17.6 Å². The van der Waals surface area contributed by atoms with E-state index >= 15 is 0 Å². The van der Waals surface area contributed by atoms with Gasteiger partial charge in [0.1, 0.15) is 0 Å². The number of carbonyl (C=O) groups excluding carboxylic acids is 1. The zero-order valence-electron chi connectivity index (χ0n) is 12.5. The third kappa shape index (κ3) is 4.27. The highest BCUT2D eigenvalue weighted by molar-refractivity contribution is 6.30. The molecule has 0 saturated heterocycles. The summed E-state index contributed by atoms with van der Waals surface area (Å²) < 4.78 is 5.12. The molecule has 0 aliphatic carbocycles. The van der Waals surface area contributed by atoms with Crippen LogP contribution in [0.25, 0.3) is 17.5 Å². The van der Waals surface area contributed by atoms with Gasteiger partial charge in [0.15, 0.2) is 0 Å². The summed E-state index contributed by atoms with van der Waals surface area (Å²) in [6.45, 7) is 0.146. The van der Waals surface area contributed by atoms with Crippen molar-refractivity contribution in [2.24, 2.45) is 0 Å². The Bertz CT molecular complexity index is 862. The molecule has 0 bridgehead atoms. The monoisotopic (exact) mass is 340 g/mol. The second kappa shape index (κ2) is 7.52. The van der Waals surface area contributed by atoms with Gasteiger partial charge in [-0.15, -0.1) is 0 Å². The molecule has 3 aromatic rings. The Labute approximate surface area is 143 Å². The zero-order valence-corrected chi connectivity index (χ0v) is 13.3. The lowest BCUT2D eigenvalue weighted by Crippen LogP contribution is -2.20. The number of aromatic nitrogens is 3. The van der Waals surface area contributed by atoms with Crippen LogP contribution in [0.2, 0.25) is 5.02 Å². The second-order valence-corrected chi connectivity index (χ2v) is 5.29. The highest BCUT2D eigenvalue weighted by Gasteiger charge is 2.09. The number of nitrogens with zero attached hydrogens (tertiary/aromatic N) is 3. The molecule has 0 unspecified atom stereocenters. The van der Waals surface area contributed by atoms with Gasteiger partial charge in [-0.05, 0) is 35.9 Å². The minimum absolute atomic E-state index is 0.146. The number of halogens is 1. The molecule has 0 fully saturated rings. The Morgan fingerprint density at radius 3 is 2.88 bits per heavy atom. The van der Waals surface area contributed by atoms with E-state index < -0.39 is 0 Å². The maximum absolute atomic E-state index is 11.8. The van der Waals surface area contributed by atoms with Crippen molar-refractivity contribution in [3.8, 4) is 11.4 Å². The van der Waals surface area contributed by atoms with Crippen LogP contribution in [0.3, 0.4) is 0 Å². The van der Waals surface area contributed by atoms with Crippen molar-refractivity contribution in [2.75, 3.05) is 0 Å². The SMILES string of the molecule is O=C(/C=C\c1ccncc1)NCc1nc(-c2cccc(Cl)c2)no1. The zero-order chi connectivity index (χ0) is 16.8. The summed E-state index contributed by atoms with van der Waals surface area (Å²) in [6.07, 6.45) is 6.45. The molecule has 3 rings (SSSR count). The molecular formula is C17H13ClN4O2. The van der Waals surface area contributed by atoms with Crippen LogP contribution in [0.5, 0.6) is 0 Å². The summed E-state index contributed by atoms with van der Waals surface area (Å²) in [7, 11) is 0. The molecule has 2 aromatic heterocycles. The van der Waals surface area contributed by atoms with Crippen molar-refractivity contribution in [2.45, 2.75) is 6.54 Å². The van der Waals surface area contributed by atoms with E-state index in [2.05, 4.69) is 20.4 Å². The van der Waals surface area contributed by atoms with E-state index in [4.69, 9.17) is 16.1 Å². The summed E-state index contributed by atoms with van der Waals surface area (Å²) in [5, 5.41) is 7.15. The summed E-state index contributed by atoms with van der Waals surface area (Å²) >= 11 is 5.93. The maximum Gasteiger partial charge on any atom is 0.246 e. The van der Waals surface area contributed by atoms with E-state index in [1.54, 1.807) is 48.8 Å². The number of pyridine rings is 1. The van der Waals surface area contributed by atoms with Crippen LogP contribution in [-0.4, -0.2) is 21.0 Å². The third-order valence-electron chi connectivity index (χ3n) is 3.10. The van der Waals surface area contributed by atoms with Crippen molar-refractivity contribution in [1.29, 1.82) is 0 Å². The smallest absolute Gasteiger partial charge is 0.246 e. The predicted molar refractivity (Wildman–Crippen MR) is 89.9 cm³/mol. The minimum Gasteiger partial charge on any atom is -0.343 e. The average Bonchev–Trinajstić information content (AvgIpc) is 3.08. The molecule has 24 heavy (non-hydrogen) atoms. The number of rotatable bonds is 5. The molecule has 1 amide bonds. The number of hydrogen-bond acceptors (Lipinski definition) is 5. The predicted octanol–water partition coefficient (Wildman–Crippen LogP) is 3.11. The Kier molecular flexibility index (Phi) is 4.98. The number of nitrogens with one attached hydrogen (secondary N) is 1. The summed E-state index contributed by atoms with van der Waals surface area (Å²) in [6, 6.07) is 10.8. The van der Waals surface area contributed by atoms with Crippen LogP contribution in [0.4, 0.5) is 0 Å². The first kappa shape index (κ1) is 15.9. The van der Waals surface area contributed by atoms with Gasteiger partial charge in [0.25, 0.3) is 0 Å². The van der Waals surface area contributed by atoms with Crippen molar-refractivity contribution in [3.05, 3.63) is 71.3 Å². The highest BCUT2D eigenvalue weighted by atomic mass is 35.5. The second-order valence-electron chi connectivity index (χ2n) is 4.85. The van der Waals surface area contributed by atoms with Crippen molar-refractivity contribution in [1.82, 2.24) is 20.4 Å². The fraction of sp³-hybridized carbons (Fsp3) is 0.0588. The molecule has 0 atom stereocenters.